The van der Waals surface area contributed by atoms with Gasteiger partial charge < -0.3 is 15.5 Å². The molecule has 0 spiro atoms. The molecule has 2 aromatic carbocycles. The van der Waals surface area contributed by atoms with Gasteiger partial charge in [0.05, 0.1) is 16.7 Å². The molecular weight excluding hydrogens is 558 g/mol. The van der Waals surface area contributed by atoms with Crippen molar-refractivity contribution in [3.8, 4) is 0 Å². The van der Waals surface area contributed by atoms with Gasteiger partial charge in [-0.25, -0.2) is 4.68 Å². The van der Waals surface area contributed by atoms with Crippen molar-refractivity contribution in [1.29, 1.82) is 0 Å². The zero-order chi connectivity index (χ0) is 25.9. The maximum atomic E-state index is 6.53. The lowest BCUT2D eigenvalue weighted by Crippen LogP contribution is -2.40. The quantitative estimate of drug-likeness (QED) is 0.305. The number of aromatic nitrogens is 2. The highest BCUT2D eigenvalue weighted by Gasteiger charge is 2.26. The topological polar surface area (TPSA) is 45.1 Å². The fourth-order valence-electron chi connectivity index (χ4n) is 5.69. The maximum Gasteiger partial charge on any atom is 0.146 e. The van der Waals surface area contributed by atoms with Gasteiger partial charge in [0, 0.05) is 18.1 Å². The van der Waals surface area contributed by atoms with Crippen molar-refractivity contribution in [1.82, 2.24) is 20.0 Å². The fourth-order valence-corrected chi connectivity index (χ4v) is 6.31. The van der Waals surface area contributed by atoms with Crippen molar-refractivity contribution < 1.29 is 0 Å². The Hall–Kier alpha value is -2.80. The third-order valence-electron chi connectivity index (χ3n) is 7.88. The number of likely N-dealkylation sites (tertiary alicyclic amines) is 1. The number of benzene rings is 2. The molecule has 38 heavy (non-hydrogen) atoms. The number of anilines is 1. The second-order valence-electron chi connectivity index (χ2n) is 10.5. The van der Waals surface area contributed by atoms with Crippen molar-refractivity contribution in [2.24, 2.45) is 11.8 Å². The Bertz CT molecular complexity index is 1350. The van der Waals surface area contributed by atoms with Crippen LogP contribution in [0.25, 0.3) is 11.4 Å². The van der Waals surface area contributed by atoms with Crippen molar-refractivity contribution in [3.63, 3.8) is 0 Å². The molecule has 0 saturated carbocycles. The average molecular weight is 591 g/mol. The number of nitrogens with zero attached hydrogens (tertiary/aromatic N) is 3. The third-order valence-corrected chi connectivity index (χ3v) is 8.80. The zero-order valence-electron chi connectivity index (χ0n) is 21.4. The second-order valence-corrected chi connectivity index (χ2v) is 11.7. The van der Waals surface area contributed by atoms with Crippen molar-refractivity contribution in [2.45, 2.75) is 25.3 Å². The minimum Gasteiger partial charge on any atom is -0.370 e. The van der Waals surface area contributed by atoms with Crippen LogP contribution in [0.15, 0.2) is 89.6 Å². The van der Waals surface area contributed by atoms with Gasteiger partial charge in [0.25, 0.3) is 0 Å². The molecule has 1 aliphatic carbocycles. The molecule has 2 aliphatic heterocycles. The second kappa shape index (κ2) is 11.5. The Balaban J connectivity index is 1.02. The van der Waals surface area contributed by atoms with E-state index in [1.807, 2.05) is 29.1 Å². The van der Waals surface area contributed by atoms with E-state index in [4.69, 9.17) is 11.6 Å². The standard InChI is InChI=1S/C31H33BrClN5/c32-27-20-35-38-30(18-29(36-31(27)38)26-8-4-5-9-28(26)33)34-19-22-14-16-37(17-15-22)21-23-10-12-25(13-11-23)24-6-2-1-3-7-24/h1-10,12-13,18,20,22-23,29,34,36H,11,14-17,19,21H2. The van der Waals surface area contributed by atoms with E-state index in [1.54, 1.807) is 0 Å². The van der Waals surface area contributed by atoms with Gasteiger partial charge >= 0.3 is 0 Å². The Morgan fingerprint density at radius 3 is 2.61 bits per heavy atom. The molecule has 1 fully saturated rings. The van der Waals surface area contributed by atoms with E-state index in [0.29, 0.717) is 11.8 Å². The van der Waals surface area contributed by atoms with Gasteiger partial charge in [0.1, 0.15) is 11.6 Å². The summed E-state index contributed by atoms with van der Waals surface area (Å²) in [5, 5.41) is 12.6. The normalized spacial score (nSPS) is 21.8. The highest BCUT2D eigenvalue weighted by Crippen LogP contribution is 2.36. The minimum atomic E-state index is -0.0199. The van der Waals surface area contributed by atoms with Gasteiger partial charge in [-0.2, -0.15) is 5.10 Å². The summed E-state index contributed by atoms with van der Waals surface area (Å²) < 4.78 is 2.89. The zero-order valence-corrected chi connectivity index (χ0v) is 23.7. The summed E-state index contributed by atoms with van der Waals surface area (Å²) in [4.78, 5) is 2.65. The van der Waals surface area contributed by atoms with E-state index in [0.717, 1.165) is 59.3 Å². The van der Waals surface area contributed by atoms with E-state index in [9.17, 15) is 0 Å². The molecule has 3 aliphatic rings. The molecule has 2 unspecified atom stereocenters. The van der Waals surface area contributed by atoms with Crippen molar-refractivity contribution >= 4 is 44.7 Å². The molecule has 1 saturated heterocycles. The van der Waals surface area contributed by atoms with E-state index in [-0.39, 0.29) is 6.04 Å². The van der Waals surface area contributed by atoms with Gasteiger partial charge in [-0.1, -0.05) is 78.4 Å². The third kappa shape index (κ3) is 5.63. The highest BCUT2D eigenvalue weighted by molar-refractivity contribution is 9.10. The number of rotatable bonds is 7. The predicted octanol–water partition coefficient (Wildman–Crippen LogP) is 7.23. The number of allylic oxidation sites excluding steroid dienone is 3. The minimum absolute atomic E-state index is 0.0199. The Morgan fingerprint density at radius 1 is 1.05 bits per heavy atom. The Labute approximate surface area is 238 Å². The molecule has 5 nitrogen and oxygen atoms in total. The summed E-state index contributed by atoms with van der Waals surface area (Å²) in [7, 11) is 0. The fraction of sp³-hybridized carbons (Fsp3) is 0.323. The summed E-state index contributed by atoms with van der Waals surface area (Å²) in [6, 6.07) is 18.7. The van der Waals surface area contributed by atoms with Gasteiger partial charge in [0.15, 0.2) is 0 Å². The van der Waals surface area contributed by atoms with Crippen LogP contribution in [0.4, 0.5) is 5.82 Å². The Kier molecular flexibility index (Phi) is 7.72. The van der Waals surface area contributed by atoms with Gasteiger partial charge in [-0.3, -0.25) is 0 Å². The van der Waals surface area contributed by atoms with Gasteiger partial charge in [-0.05, 0) is 89.0 Å². The van der Waals surface area contributed by atoms with Crippen LogP contribution < -0.4 is 10.6 Å². The first-order chi connectivity index (χ1) is 18.6. The lowest BCUT2D eigenvalue weighted by molar-refractivity contribution is 0.170. The van der Waals surface area contributed by atoms with Crippen LogP contribution >= 0.6 is 27.5 Å². The molecule has 3 heterocycles. The SMILES string of the molecule is Clc1ccccc1C1C=C(NCC2CCN(CC3C=CC(c4ccccc4)=CC3)CC2)n2ncc(Br)c2N1. The molecule has 196 valence electrons. The summed E-state index contributed by atoms with van der Waals surface area (Å²) in [6.45, 7) is 4.41. The van der Waals surface area contributed by atoms with E-state index in [2.05, 4.69) is 97.3 Å². The molecule has 0 radical (unpaired) electrons. The molecular formula is C31H33BrClN5. The molecule has 0 bridgehead atoms. The van der Waals surface area contributed by atoms with E-state index >= 15 is 0 Å². The van der Waals surface area contributed by atoms with Crippen LogP contribution in [-0.2, 0) is 0 Å². The van der Waals surface area contributed by atoms with Crippen LogP contribution in [0.3, 0.4) is 0 Å². The molecule has 0 amide bonds. The lowest BCUT2D eigenvalue weighted by Gasteiger charge is -2.35. The Morgan fingerprint density at radius 2 is 1.84 bits per heavy atom. The number of hydrogen-bond donors (Lipinski definition) is 2. The van der Waals surface area contributed by atoms with Crippen LogP contribution in [0.5, 0.6) is 0 Å². The first-order valence-electron chi connectivity index (χ1n) is 13.5. The molecule has 7 heteroatoms. The van der Waals surface area contributed by atoms with Crippen molar-refractivity contribution in [2.75, 3.05) is 31.5 Å². The van der Waals surface area contributed by atoms with Crippen LogP contribution in [0.1, 0.15) is 36.4 Å². The van der Waals surface area contributed by atoms with Gasteiger partial charge in [0.2, 0.25) is 0 Å². The molecule has 2 atom stereocenters. The smallest absolute Gasteiger partial charge is 0.146 e. The first-order valence-corrected chi connectivity index (χ1v) is 14.7. The van der Waals surface area contributed by atoms with E-state index < -0.39 is 0 Å². The number of piperidine rings is 1. The molecule has 6 rings (SSSR count). The monoisotopic (exact) mass is 589 g/mol. The summed E-state index contributed by atoms with van der Waals surface area (Å²) in [6.07, 6.45) is 14.7. The summed E-state index contributed by atoms with van der Waals surface area (Å²) >= 11 is 10.2. The predicted molar refractivity (Wildman–Crippen MR) is 161 cm³/mol. The first kappa shape index (κ1) is 25.5. The number of halogens is 2. The van der Waals surface area contributed by atoms with Crippen molar-refractivity contribution in [3.05, 3.63) is 106 Å². The number of hydrogen-bond acceptors (Lipinski definition) is 4. The lowest BCUT2D eigenvalue weighted by atomic mass is 9.91. The van der Waals surface area contributed by atoms with Crippen LogP contribution in [0, 0.1) is 11.8 Å². The van der Waals surface area contributed by atoms with Gasteiger partial charge in [-0.15, -0.1) is 0 Å². The average Bonchev–Trinajstić information content (AvgIpc) is 3.34. The van der Waals surface area contributed by atoms with Crippen LogP contribution in [0.2, 0.25) is 5.02 Å². The summed E-state index contributed by atoms with van der Waals surface area (Å²) in [5.74, 6) is 3.20. The molecule has 1 aromatic heterocycles. The highest BCUT2D eigenvalue weighted by atomic mass is 79.9. The largest absolute Gasteiger partial charge is 0.370 e. The molecule has 3 aromatic rings. The molecule has 2 N–H and O–H groups in total. The summed E-state index contributed by atoms with van der Waals surface area (Å²) in [5.41, 5.74) is 3.72. The maximum absolute atomic E-state index is 6.53. The van der Waals surface area contributed by atoms with E-state index in [1.165, 1.54) is 24.0 Å². The number of nitrogens with one attached hydrogen (secondary N) is 2. The number of fused-ring (bicyclic) bond motifs is 1. The van der Waals surface area contributed by atoms with Crippen LogP contribution in [-0.4, -0.2) is 40.9 Å².